The fraction of sp³-hybridized carbons (Fsp3) is 0.412. The van der Waals surface area contributed by atoms with Crippen LogP contribution in [0.15, 0.2) is 72.8 Å². The molecular formula is C34H42O5. The highest BCUT2D eigenvalue weighted by Crippen LogP contribution is 2.28. The predicted molar refractivity (Wildman–Crippen MR) is 156 cm³/mol. The monoisotopic (exact) mass is 530 g/mol. The largest absolute Gasteiger partial charge is 0.459 e. The van der Waals surface area contributed by atoms with Gasteiger partial charge in [-0.2, -0.15) is 0 Å². The van der Waals surface area contributed by atoms with E-state index in [2.05, 4.69) is 52.0 Å². The number of rotatable bonds is 14. The molecule has 39 heavy (non-hydrogen) atoms. The molecule has 0 bridgehead atoms. The molecule has 3 rings (SSSR count). The van der Waals surface area contributed by atoms with Crippen LogP contribution in [-0.2, 0) is 15.9 Å². The van der Waals surface area contributed by atoms with Crippen molar-refractivity contribution in [3.63, 3.8) is 0 Å². The first-order valence-corrected chi connectivity index (χ1v) is 14.0. The van der Waals surface area contributed by atoms with E-state index in [0.29, 0.717) is 16.9 Å². The molecule has 0 amide bonds. The van der Waals surface area contributed by atoms with Gasteiger partial charge in [0, 0.05) is 7.11 Å². The predicted octanol–water partition coefficient (Wildman–Crippen LogP) is 8.30. The van der Waals surface area contributed by atoms with E-state index in [1.165, 1.54) is 5.56 Å². The van der Waals surface area contributed by atoms with E-state index in [-0.39, 0.29) is 17.5 Å². The normalized spacial score (nSPS) is 12.7. The van der Waals surface area contributed by atoms with Crippen LogP contribution in [0.3, 0.4) is 0 Å². The fourth-order valence-corrected chi connectivity index (χ4v) is 4.68. The Labute approximate surface area is 233 Å². The molecule has 5 heteroatoms. The van der Waals surface area contributed by atoms with Gasteiger partial charge in [-0.3, -0.25) is 0 Å². The number of esters is 2. The van der Waals surface area contributed by atoms with Crippen molar-refractivity contribution in [2.24, 2.45) is 5.41 Å². The van der Waals surface area contributed by atoms with E-state index < -0.39 is 5.97 Å². The van der Waals surface area contributed by atoms with Gasteiger partial charge in [0.2, 0.25) is 0 Å². The van der Waals surface area contributed by atoms with Gasteiger partial charge in [0.15, 0.2) is 0 Å². The van der Waals surface area contributed by atoms with Crippen LogP contribution in [0.4, 0.5) is 0 Å². The van der Waals surface area contributed by atoms with Crippen molar-refractivity contribution in [3.05, 3.63) is 89.5 Å². The van der Waals surface area contributed by atoms with E-state index in [4.69, 9.17) is 14.2 Å². The Bertz CT molecular complexity index is 1180. The van der Waals surface area contributed by atoms with Crippen LogP contribution in [0.2, 0.25) is 0 Å². The molecule has 0 aromatic heterocycles. The van der Waals surface area contributed by atoms with E-state index in [1.54, 1.807) is 43.5 Å². The number of methoxy groups -OCH3 is 1. The van der Waals surface area contributed by atoms with Gasteiger partial charge in [-0.05, 0) is 84.2 Å². The van der Waals surface area contributed by atoms with E-state index in [0.717, 1.165) is 56.3 Å². The molecule has 5 nitrogen and oxygen atoms in total. The highest BCUT2D eigenvalue weighted by atomic mass is 16.5. The average Bonchev–Trinajstić information content (AvgIpc) is 2.94. The third kappa shape index (κ3) is 8.79. The molecule has 0 heterocycles. The van der Waals surface area contributed by atoms with Gasteiger partial charge in [-0.15, -0.1) is 0 Å². The zero-order valence-electron chi connectivity index (χ0n) is 24.0. The molecule has 1 atom stereocenters. The van der Waals surface area contributed by atoms with Crippen LogP contribution in [0.1, 0.15) is 86.1 Å². The molecule has 0 aliphatic rings. The van der Waals surface area contributed by atoms with Crippen molar-refractivity contribution in [3.8, 4) is 16.9 Å². The zero-order chi connectivity index (χ0) is 28.3. The molecule has 3 aromatic carbocycles. The Kier molecular flexibility index (Phi) is 11.3. The number of benzene rings is 3. The second kappa shape index (κ2) is 14.6. The van der Waals surface area contributed by atoms with Crippen LogP contribution in [0.25, 0.3) is 11.1 Å². The SMILES string of the molecule is CCCC(CCC)OC(=O)c1ccc(OC(=O)c2ccc(-c3ccc(CC(C)(CC)COC)cc3)cc2)cc1. The average molecular weight is 531 g/mol. The number of ether oxygens (including phenoxy) is 3. The van der Waals surface area contributed by atoms with Gasteiger partial charge >= 0.3 is 11.9 Å². The van der Waals surface area contributed by atoms with Crippen molar-refractivity contribution >= 4 is 11.9 Å². The Morgan fingerprint density at radius 1 is 0.744 bits per heavy atom. The maximum absolute atomic E-state index is 12.7. The third-order valence-electron chi connectivity index (χ3n) is 7.18. The number of carbonyl (C=O) groups excluding carboxylic acids is 2. The van der Waals surface area contributed by atoms with Gasteiger partial charge in [0.25, 0.3) is 0 Å². The minimum absolute atomic E-state index is 0.0660. The molecule has 208 valence electrons. The van der Waals surface area contributed by atoms with Crippen molar-refractivity contribution in [1.29, 1.82) is 0 Å². The Hall–Kier alpha value is -3.44. The lowest BCUT2D eigenvalue weighted by atomic mass is 9.82. The number of carbonyl (C=O) groups is 2. The van der Waals surface area contributed by atoms with Gasteiger partial charge in [0.05, 0.1) is 17.7 Å². The van der Waals surface area contributed by atoms with Gasteiger partial charge in [-0.1, -0.05) is 76.9 Å². The molecule has 0 saturated heterocycles. The summed E-state index contributed by atoms with van der Waals surface area (Å²) in [6.07, 6.45) is 5.59. The van der Waals surface area contributed by atoms with Gasteiger partial charge in [-0.25, -0.2) is 9.59 Å². The quantitative estimate of drug-likeness (QED) is 0.155. The van der Waals surface area contributed by atoms with Crippen molar-refractivity contribution in [2.75, 3.05) is 13.7 Å². The Morgan fingerprint density at radius 2 is 1.26 bits per heavy atom. The molecule has 0 radical (unpaired) electrons. The summed E-state index contributed by atoms with van der Waals surface area (Å²) < 4.78 is 16.6. The lowest BCUT2D eigenvalue weighted by Crippen LogP contribution is -2.24. The first kappa shape index (κ1) is 30.1. The molecule has 0 fully saturated rings. The maximum atomic E-state index is 12.7. The summed E-state index contributed by atoms with van der Waals surface area (Å²) in [6, 6.07) is 22.4. The number of hydrogen-bond acceptors (Lipinski definition) is 5. The molecule has 0 saturated carbocycles. The highest BCUT2D eigenvalue weighted by molar-refractivity contribution is 5.92. The third-order valence-corrected chi connectivity index (χ3v) is 7.18. The summed E-state index contributed by atoms with van der Waals surface area (Å²) >= 11 is 0. The maximum Gasteiger partial charge on any atom is 0.343 e. The van der Waals surface area contributed by atoms with Gasteiger partial charge < -0.3 is 14.2 Å². The summed E-state index contributed by atoms with van der Waals surface area (Å²) in [6.45, 7) is 9.35. The standard InChI is InChI=1S/C34H42O5/c1-6-9-30(10-7-2)38-33(36)29-19-21-31(22-20-29)39-32(35)28-17-15-27(16-18-28)26-13-11-25(12-14-26)23-34(4,8-3)24-37-5/h11-22,30H,6-10,23-24H2,1-5H3. The van der Waals surface area contributed by atoms with Crippen molar-refractivity contribution in [1.82, 2.24) is 0 Å². The first-order chi connectivity index (χ1) is 18.8. The number of hydrogen-bond donors (Lipinski definition) is 0. The molecule has 1 unspecified atom stereocenters. The Balaban J connectivity index is 1.59. The van der Waals surface area contributed by atoms with Crippen LogP contribution >= 0.6 is 0 Å². The molecule has 0 spiro atoms. The summed E-state index contributed by atoms with van der Waals surface area (Å²) in [4.78, 5) is 25.2. The molecule has 0 aliphatic heterocycles. The molecular weight excluding hydrogens is 488 g/mol. The minimum atomic E-state index is -0.449. The van der Waals surface area contributed by atoms with E-state index in [1.807, 2.05) is 12.1 Å². The van der Waals surface area contributed by atoms with Crippen LogP contribution in [0, 0.1) is 5.41 Å². The van der Waals surface area contributed by atoms with Crippen LogP contribution in [-0.4, -0.2) is 31.8 Å². The van der Waals surface area contributed by atoms with Gasteiger partial charge in [0.1, 0.15) is 11.9 Å². The van der Waals surface area contributed by atoms with Crippen molar-refractivity contribution in [2.45, 2.75) is 72.3 Å². The Morgan fingerprint density at radius 3 is 1.77 bits per heavy atom. The first-order valence-electron chi connectivity index (χ1n) is 14.0. The summed E-state index contributed by atoms with van der Waals surface area (Å²) in [5, 5.41) is 0. The van der Waals surface area contributed by atoms with Crippen LogP contribution in [0.5, 0.6) is 5.75 Å². The summed E-state index contributed by atoms with van der Waals surface area (Å²) in [5.74, 6) is -0.421. The fourth-order valence-electron chi connectivity index (χ4n) is 4.68. The summed E-state index contributed by atoms with van der Waals surface area (Å²) in [7, 11) is 1.75. The second-order valence-electron chi connectivity index (χ2n) is 10.6. The topological polar surface area (TPSA) is 61.8 Å². The second-order valence-corrected chi connectivity index (χ2v) is 10.6. The molecule has 0 aliphatic carbocycles. The smallest absolute Gasteiger partial charge is 0.343 e. The van der Waals surface area contributed by atoms with Crippen LogP contribution < -0.4 is 4.74 Å². The highest BCUT2D eigenvalue weighted by Gasteiger charge is 2.22. The minimum Gasteiger partial charge on any atom is -0.459 e. The lowest BCUT2D eigenvalue weighted by Gasteiger charge is -2.27. The van der Waals surface area contributed by atoms with E-state index >= 15 is 0 Å². The lowest BCUT2D eigenvalue weighted by molar-refractivity contribution is 0.0258. The molecule has 3 aromatic rings. The van der Waals surface area contributed by atoms with E-state index in [9.17, 15) is 9.59 Å². The molecule has 0 N–H and O–H groups in total. The van der Waals surface area contributed by atoms with Crippen molar-refractivity contribution < 1.29 is 23.8 Å². The zero-order valence-corrected chi connectivity index (χ0v) is 24.0. The summed E-state index contributed by atoms with van der Waals surface area (Å²) in [5.41, 5.74) is 4.42.